The van der Waals surface area contributed by atoms with Crippen molar-refractivity contribution < 1.29 is 0 Å². The molecule has 0 radical (unpaired) electrons. The first-order valence-corrected chi connectivity index (χ1v) is 7.48. The molecular formula is C14H24N4. The van der Waals surface area contributed by atoms with E-state index in [2.05, 4.69) is 15.0 Å². The van der Waals surface area contributed by atoms with Crippen molar-refractivity contribution in [1.82, 2.24) is 15.0 Å². The highest BCUT2D eigenvalue weighted by Crippen LogP contribution is 2.34. The van der Waals surface area contributed by atoms with Crippen LogP contribution in [0.1, 0.15) is 49.9 Å². The average Bonchev–Trinajstić information content (AvgIpc) is 3.04. The Labute approximate surface area is 109 Å². The zero-order valence-electron chi connectivity index (χ0n) is 11.1. The van der Waals surface area contributed by atoms with Crippen molar-refractivity contribution >= 4 is 0 Å². The van der Waals surface area contributed by atoms with Crippen LogP contribution in [0.5, 0.6) is 0 Å². The summed E-state index contributed by atoms with van der Waals surface area (Å²) in [5.41, 5.74) is 8.19. The first-order valence-electron chi connectivity index (χ1n) is 7.48. The molecular weight excluding hydrogens is 224 g/mol. The van der Waals surface area contributed by atoms with Crippen LogP contribution in [0, 0.1) is 11.8 Å². The third-order valence-corrected chi connectivity index (χ3v) is 4.45. The summed E-state index contributed by atoms with van der Waals surface area (Å²) < 4.78 is 2.17. The van der Waals surface area contributed by atoms with Gasteiger partial charge in [-0.15, -0.1) is 5.10 Å². The van der Waals surface area contributed by atoms with Crippen molar-refractivity contribution in [3.8, 4) is 0 Å². The lowest BCUT2D eigenvalue weighted by Gasteiger charge is -2.25. The van der Waals surface area contributed by atoms with Gasteiger partial charge in [0.2, 0.25) is 0 Å². The van der Waals surface area contributed by atoms with Crippen molar-refractivity contribution in [2.75, 3.05) is 6.54 Å². The summed E-state index contributed by atoms with van der Waals surface area (Å²) in [7, 11) is 0. The van der Waals surface area contributed by atoms with Crippen molar-refractivity contribution in [2.24, 2.45) is 17.6 Å². The molecule has 0 unspecified atom stereocenters. The summed E-state index contributed by atoms with van der Waals surface area (Å²) in [6.07, 6.45) is 10.4. The highest BCUT2D eigenvalue weighted by molar-refractivity contribution is 5.13. The SMILES string of the molecule is NCCc1nnn(CCC2CCC2)c1CC1CC1. The van der Waals surface area contributed by atoms with E-state index >= 15 is 0 Å². The predicted molar refractivity (Wildman–Crippen MR) is 71.2 cm³/mol. The number of rotatable bonds is 7. The molecule has 2 aliphatic rings. The first kappa shape index (κ1) is 12.2. The topological polar surface area (TPSA) is 56.7 Å². The quantitative estimate of drug-likeness (QED) is 0.802. The van der Waals surface area contributed by atoms with Crippen LogP contribution in [0.25, 0.3) is 0 Å². The fourth-order valence-corrected chi connectivity index (χ4v) is 2.78. The molecule has 1 aromatic heterocycles. The van der Waals surface area contributed by atoms with E-state index < -0.39 is 0 Å². The first-order chi connectivity index (χ1) is 8.86. The van der Waals surface area contributed by atoms with E-state index in [9.17, 15) is 0 Å². The van der Waals surface area contributed by atoms with Gasteiger partial charge in [0.05, 0.1) is 11.4 Å². The minimum absolute atomic E-state index is 0.680. The summed E-state index contributed by atoms with van der Waals surface area (Å²) in [6, 6.07) is 0. The number of nitrogens with two attached hydrogens (primary N) is 1. The van der Waals surface area contributed by atoms with E-state index in [0.717, 1.165) is 30.5 Å². The molecule has 0 spiro atoms. The molecule has 1 aromatic rings. The summed E-state index contributed by atoms with van der Waals surface area (Å²) in [5.74, 6) is 1.84. The van der Waals surface area contributed by atoms with Crippen molar-refractivity contribution in [1.29, 1.82) is 0 Å². The highest BCUT2D eigenvalue weighted by Gasteiger charge is 2.26. The Kier molecular flexibility index (Phi) is 3.64. The maximum absolute atomic E-state index is 5.66. The predicted octanol–water partition coefficient (Wildman–Crippen LogP) is 1.92. The van der Waals surface area contributed by atoms with Crippen LogP contribution in [0.4, 0.5) is 0 Å². The fourth-order valence-electron chi connectivity index (χ4n) is 2.78. The third-order valence-electron chi connectivity index (χ3n) is 4.45. The smallest absolute Gasteiger partial charge is 0.0871 e. The largest absolute Gasteiger partial charge is 0.330 e. The highest BCUT2D eigenvalue weighted by atomic mass is 15.4. The molecule has 4 nitrogen and oxygen atoms in total. The van der Waals surface area contributed by atoms with Gasteiger partial charge in [-0.05, 0) is 44.1 Å². The van der Waals surface area contributed by atoms with Gasteiger partial charge >= 0.3 is 0 Å². The Morgan fingerprint density at radius 2 is 2.00 bits per heavy atom. The van der Waals surface area contributed by atoms with E-state index in [-0.39, 0.29) is 0 Å². The standard InChI is InChI=1S/C14H24N4/c15-8-6-13-14(10-12-4-5-12)18(17-16-13)9-7-11-2-1-3-11/h11-12H,1-10,15H2. The second kappa shape index (κ2) is 5.39. The molecule has 100 valence electrons. The van der Waals surface area contributed by atoms with Gasteiger partial charge in [0.1, 0.15) is 0 Å². The van der Waals surface area contributed by atoms with Gasteiger partial charge < -0.3 is 5.73 Å². The molecule has 3 rings (SSSR count). The van der Waals surface area contributed by atoms with E-state index in [4.69, 9.17) is 5.73 Å². The lowest BCUT2D eigenvalue weighted by atomic mass is 9.83. The van der Waals surface area contributed by atoms with Crippen LogP contribution in [-0.2, 0) is 19.4 Å². The van der Waals surface area contributed by atoms with Crippen LogP contribution >= 0.6 is 0 Å². The van der Waals surface area contributed by atoms with Gasteiger partial charge in [-0.2, -0.15) is 0 Å². The summed E-state index contributed by atoms with van der Waals surface area (Å²) in [6.45, 7) is 1.74. The second-order valence-corrected chi connectivity index (χ2v) is 5.98. The number of hydrogen-bond donors (Lipinski definition) is 1. The van der Waals surface area contributed by atoms with Gasteiger partial charge in [-0.3, -0.25) is 0 Å². The number of nitrogens with zero attached hydrogens (tertiary/aromatic N) is 3. The van der Waals surface area contributed by atoms with Crippen molar-refractivity contribution in [3.63, 3.8) is 0 Å². The van der Waals surface area contributed by atoms with Crippen LogP contribution < -0.4 is 5.73 Å². The monoisotopic (exact) mass is 248 g/mol. The van der Waals surface area contributed by atoms with Gasteiger partial charge in [0, 0.05) is 13.0 Å². The molecule has 2 N–H and O–H groups in total. The van der Waals surface area contributed by atoms with Gasteiger partial charge in [0.15, 0.2) is 0 Å². The Morgan fingerprint density at radius 3 is 2.61 bits per heavy atom. The van der Waals surface area contributed by atoms with E-state index in [1.54, 1.807) is 0 Å². The molecule has 18 heavy (non-hydrogen) atoms. The molecule has 2 fully saturated rings. The number of aryl methyl sites for hydroxylation is 1. The molecule has 0 bridgehead atoms. The van der Waals surface area contributed by atoms with Gasteiger partial charge in [-0.1, -0.05) is 24.5 Å². The van der Waals surface area contributed by atoms with E-state index in [1.165, 1.54) is 50.6 Å². The maximum Gasteiger partial charge on any atom is 0.0871 e. The van der Waals surface area contributed by atoms with Crippen LogP contribution in [-0.4, -0.2) is 21.5 Å². The number of aromatic nitrogens is 3. The average molecular weight is 248 g/mol. The van der Waals surface area contributed by atoms with Crippen LogP contribution in [0.3, 0.4) is 0 Å². The van der Waals surface area contributed by atoms with Crippen molar-refractivity contribution in [3.05, 3.63) is 11.4 Å². The normalized spacial score (nSPS) is 20.1. The van der Waals surface area contributed by atoms with Crippen molar-refractivity contribution in [2.45, 2.75) is 57.9 Å². The van der Waals surface area contributed by atoms with Crippen LogP contribution in [0.2, 0.25) is 0 Å². The minimum atomic E-state index is 0.680. The molecule has 0 atom stereocenters. The molecule has 0 saturated heterocycles. The Hall–Kier alpha value is -0.900. The van der Waals surface area contributed by atoms with Gasteiger partial charge in [0.25, 0.3) is 0 Å². The number of hydrogen-bond acceptors (Lipinski definition) is 3. The van der Waals surface area contributed by atoms with Crippen LogP contribution in [0.15, 0.2) is 0 Å². The van der Waals surface area contributed by atoms with E-state index in [0.29, 0.717) is 6.54 Å². The lowest BCUT2D eigenvalue weighted by Crippen LogP contribution is -2.16. The third kappa shape index (κ3) is 2.74. The Balaban J connectivity index is 1.65. The fraction of sp³-hybridized carbons (Fsp3) is 0.857. The van der Waals surface area contributed by atoms with E-state index in [1.807, 2.05) is 0 Å². The minimum Gasteiger partial charge on any atom is -0.330 e. The van der Waals surface area contributed by atoms with Gasteiger partial charge in [-0.25, -0.2) is 4.68 Å². The molecule has 2 aliphatic carbocycles. The molecule has 0 aliphatic heterocycles. The summed E-state index contributed by atoms with van der Waals surface area (Å²) >= 11 is 0. The second-order valence-electron chi connectivity index (χ2n) is 5.98. The molecule has 1 heterocycles. The molecule has 0 amide bonds. The zero-order chi connectivity index (χ0) is 12.4. The Bertz CT molecular complexity index is 390. The Morgan fingerprint density at radius 1 is 1.17 bits per heavy atom. The summed E-state index contributed by atoms with van der Waals surface area (Å²) in [4.78, 5) is 0. The zero-order valence-corrected chi connectivity index (χ0v) is 11.1. The molecule has 0 aromatic carbocycles. The molecule has 4 heteroatoms. The summed E-state index contributed by atoms with van der Waals surface area (Å²) in [5, 5.41) is 8.70. The maximum atomic E-state index is 5.66. The lowest BCUT2D eigenvalue weighted by molar-refractivity contribution is 0.275. The molecule has 2 saturated carbocycles.